The summed E-state index contributed by atoms with van der Waals surface area (Å²) < 4.78 is 2.11. The fourth-order valence-corrected chi connectivity index (χ4v) is 3.17. The number of hydrogen-bond acceptors (Lipinski definition) is 2. The van der Waals surface area contributed by atoms with E-state index in [2.05, 4.69) is 20.5 Å². The number of amides is 1. The van der Waals surface area contributed by atoms with Gasteiger partial charge in [0.1, 0.15) is 5.82 Å². The SMILES string of the molecule is O=C(C1CC1)N(Cc1nccn1Cc1cccc(Cl)c1)C1CC1. The van der Waals surface area contributed by atoms with Crippen LogP contribution in [0.4, 0.5) is 0 Å². The largest absolute Gasteiger partial charge is 0.332 e. The molecule has 1 aromatic heterocycles. The summed E-state index contributed by atoms with van der Waals surface area (Å²) in [6, 6.07) is 8.30. The van der Waals surface area contributed by atoms with Crippen LogP contribution in [0.1, 0.15) is 37.1 Å². The van der Waals surface area contributed by atoms with Crippen molar-refractivity contribution in [3.05, 3.63) is 53.1 Å². The number of benzene rings is 1. The maximum atomic E-state index is 12.5. The molecule has 2 fully saturated rings. The van der Waals surface area contributed by atoms with Crippen molar-refractivity contribution in [2.45, 2.75) is 44.8 Å². The lowest BCUT2D eigenvalue weighted by Crippen LogP contribution is -2.34. The number of imidazole rings is 1. The predicted molar refractivity (Wildman–Crippen MR) is 89.1 cm³/mol. The molecule has 5 heteroatoms. The molecule has 4 rings (SSSR count). The van der Waals surface area contributed by atoms with Crippen LogP contribution in [-0.4, -0.2) is 26.4 Å². The highest BCUT2D eigenvalue weighted by atomic mass is 35.5. The summed E-state index contributed by atoms with van der Waals surface area (Å²) >= 11 is 6.06. The Bertz CT molecular complexity index is 719. The molecular weight excluding hydrogens is 310 g/mol. The maximum Gasteiger partial charge on any atom is 0.226 e. The molecule has 0 radical (unpaired) electrons. The third-order valence-corrected chi connectivity index (χ3v) is 4.79. The molecule has 120 valence electrons. The van der Waals surface area contributed by atoms with Gasteiger partial charge in [0.15, 0.2) is 0 Å². The number of carbonyl (C=O) groups excluding carboxylic acids is 1. The quantitative estimate of drug-likeness (QED) is 0.813. The third kappa shape index (κ3) is 3.42. The van der Waals surface area contributed by atoms with Crippen LogP contribution in [0.15, 0.2) is 36.7 Å². The summed E-state index contributed by atoms with van der Waals surface area (Å²) in [6.45, 7) is 1.35. The molecule has 1 heterocycles. The molecule has 0 spiro atoms. The first-order chi connectivity index (χ1) is 11.2. The highest BCUT2D eigenvalue weighted by molar-refractivity contribution is 6.30. The van der Waals surface area contributed by atoms with Crippen molar-refractivity contribution < 1.29 is 4.79 Å². The van der Waals surface area contributed by atoms with Gasteiger partial charge in [-0.1, -0.05) is 23.7 Å². The summed E-state index contributed by atoms with van der Waals surface area (Å²) in [5, 5.41) is 0.743. The molecule has 1 amide bonds. The summed E-state index contributed by atoms with van der Waals surface area (Å²) in [7, 11) is 0. The predicted octanol–water partition coefficient (Wildman–Crippen LogP) is 3.49. The van der Waals surface area contributed by atoms with Gasteiger partial charge in [0.25, 0.3) is 0 Å². The van der Waals surface area contributed by atoms with E-state index in [1.165, 1.54) is 0 Å². The average Bonchev–Trinajstić information content (AvgIpc) is 3.43. The molecule has 0 unspecified atom stereocenters. The number of halogens is 1. The van der Waals surface area contributed by atoms with E-state index in [9.17, 15) is 4.79 Å². The van der Waals surface area contributed by atoms with Crippen molar-refractivity contribution in [3.63, 3.8) is 0 Å². The Morgan fingerprint density at radius 3 is 2.83 bits per heavy atom. The highest BCUT2D eigenvalue weighted by Gasteiger charge is 2.40. The Labute approximate surface area is 141 Å². The van der Waals surface area contributed by atoms with Crippen LogP contribution in [0, 0.1) is 5.92 Å². The molecule has 4 nitrogen and oxygen atoms in total. The van der Waals surface area contributed by atoms with Gasteiger partial charge in [0, 0.05) is 35.9 Å². The fraction of sp³-hybridized carbons (Fsp3) is 0.444. The molecule has 23 heavy (non-hydrogen) atoms. The van der Waals surface area contributed by atoms with Gasteiger partial charge in [-0.05, 0) is 43.4 Å². The number of aromatic nitrogens is 2. The van der Waals surface area contributed by atoms with Crippen LogP contribution in [0.25, 0.3) is 0 Å². The Morgan fingerprint density at radius 2 is 2.13 bits per heavy atom. The zero-order valence-electron chi connectivity index (χ0n) is 13.0. The Hall–Kier alpha value is -1.81. The van der Waals surface area contributed by atoms with Gasteiger partial charge in [-0.25, -0.2) is 4.98 Å². The molecule has 0 bridgehead atoms. The summed E-state index contributed by atoms with van der Waals surface area (Å²) in [5.74, 6) is 1.54. The molecule has 2 aliphatic rings. The van der Waals surface area contributed by atoms with Crippen molar-refractivity contribution >= 4 is 17.5 Å². The van der Waals surface area contributed by atoms with E-state index >= 15 is 0 Å². The van der Waals surface area contributed by atoms with E-state index in [-0.39, 0.29) is 5.92 Å². The lowest BCUT2D eigenvalue weighted by molar-refractivity contribution is -0.133. The van der Waals surface area contributed by atoms with E-state index in [1.807, 2.05) is 30.6 Å². The van der Waals surface area contributed by atoms with Crippen molar-refractivity contribution in [2.24, 2.45) is 5.92 Å². The number of carbonyl (C=O) groups is 1. The molecule has 2 aliphatic carbocycles. The van der Waals surface area contributed by atoms with Crippen LogP contribution >= 0.6 is 11.6 Å². The van der Waals surface area contributed by atoms with Crippen LogP contribution in [0.2, 0.25) is 5.02 Å². The first-order valence-corrected chi connectivity index (χ1v) is 8.63. The second-order valence-corrected chi connectivity index (χ2v) is 7.01. The van der Waals surface area contributed by atoms with E-state index in [4.69, 9.17) is 11.6 Å². The number of nitrogens with zero attached hydrogens (tertiary/aromatic N) is 3. The van der Waals surface area contributed by atoms with Crippen molar-refractivity contribution in [1.82, 2.24) is 14.5 Å². The minimum atomic E-state index is 0.270. The van der Waals surface area contributed by atoms with Gasteiger partial charge >= 0.3 is 0 Å². The van der Waals surface area contributed by atoms with Gasteiger partial charge in [-0.2, -0.15) is 0 Å². The third-order valence-electron chi connectivity index (χ3n) is 4.55. The lowest BCUT2D eigenvalue weighted by atomic mass is 10.2. The number of hydrogen-bond donors (Lipinski definition) is 0. The minimum absolute atomic E-state index is 0.270. The first kappa shape index (κ1) is 14.8. The van der Waals surface area contributed by atoms with E-state index in [0.29, 0.717) is 18.5 Å². The van der Waals surface area contributed by atoms with Gasteiger partial charge in [-0.15, -0.1) is 0 Å². The van der Waals surface area contributed by atoms with Crippen LogP contribution < -0.4 is 0 Å². The minimum Gasteiger partial charge on any atom is -0.332 e. The molecule has 0 aliphatic heterocycles. The molecule has 0 N–H and O–H groups in total. The normalized spacial score (nSPS) is 17.3. The summed E-state index contributed by atoms with van der Waals surface area (Å²) in [4.78, 5) is 19.0. The van der Waals surface area contributed by atoms with Crippen LogP contribution in [-0.2, 0) is 17.9 Å². The molecule has 0 saturated heterocycles. The van der Waals surface area contributed by atoms with Gasteiger partial charge in [0.2, 0.25) is 5.91 Å². The average molecular weight is 330 g/mol. The first-order valence-electron chi connectivity index (χ1n) is 8.25. The molecule has 2 saturated carbocycles. The molecule has 0 atom stereocenters. The summed E-state index contributed by atoms with van der Waals surface area (Å²) in [6.07, 6.45) is 8.16. The van der Waals surface area contributed by atoms with Crippen LogP contribution in [0.3, 0.4) is 0 Å². The zero-order valence-corrected chi connectivity index (χ0v) is 13.7. The van der Waals surface area contributed by atoms with E-state index in [0.717, 1.165) is 48.6 Å². The lowest BCUT2D eigenvalue weighted by Gasteiger charge is -2.22. The highest BCUT2D eigenvalue weighted by Crippen LogP contribution is 2.36. The molecular formula is C18H20ClN3O. The second kappa shape index (κ2) is 6.00. The van der Waals surface area contributed by atoms with E-state index < -0.39 is 0 Å². The van der Waals surface area contributed by atoms with Gasteiger partial charge in [0.05, 0.1) is 6.54 Å². The van der Waals surface area contributed by atoms with E-state index in [1.54, 1.807) is 0 Å². The molecule has 1 aromatic carbocycles. The Balaban J connectivity index is 1.50. The second-order valence-electron chi connectivity index (χ2n) is 6.57. The van der Waals surface area contributed by atoms with Crippen molar-refractivity contribution in [3.8, 4) is 0 Å². The maximum absolute atomic E-state index is 12.5. The van der Waals surface area contributed by atoms with Crippen molar-refractivity contribution in [1.29, 1.82) is 0 Å². The topological polar surface area (TPSA) is 38.1 Å². The number of rotatable bonds is 6. The monoisotopic (exact) mass is 329 g/mol. The Morgan fingerprint density at radius 1 is 1.30 bits per heavy atom. The standard InChI is InChI=1S/C18H20ClN3O/c19-15-3-1-2-13(10-15)11-21-9-8-20-17(21)12-22(16-6-7-16)18(23)14-4-5-14/h1-3,8-10,14,16H,4-7,11-12H2. The van der Waals surface area contributed by atoms with Gasteiger partial charge < -0.3 is 9.47 Å². The fourth-order valence-electron chi connectivity index (χ4n) is 2.96. The smallest absolute Gasteiger partial charge is 0.226 e. The van der Waals surface area contributed by atoms with Gasteiger partial charge in [-0.3, -0.25) is 4.79 Å². The van der Waals surface area contributed by atoms with Crippen molar-refractivity contribution in [2.75, 3.05) is 0 Å². The summed E-state index contributed by atoms with van der Waals surface area (Å²) in [5.41, 5.74) is 1.14. The molecule has 2 aromatic rings. The zero-order chi connectivity index (χ0) is 15.8. The Kier molecular flexibility index (Phi) is 3.85. The van der Waals surface area contributed by atoms with Crippen LogP contribution in [0.5, 0.6) is 0 Å².